The van der Waals surface area contributed by atoms with Gasteiger partial charge in [0, 0.05) is 16.6 Å². The zero-order valence-electron chi connectivity index (χ0n) is 25.2. The molecule has 8 heteroatoms. The van der Waals surface area contributed by atoms with E-state index in [4.69, 9.17) is 9.72 Å². The van der Waals surface area contributed by atoms with Crippen LogP contribution in [0, 0.1) is 19.7 Å². The minimum atomic E-state index is -2.17. The number of carbonyl (C=O) groups is 1. The second-order valence-corrected chi connectivity index (χ2v) is 27.8. The molecule has 0 fully saturated rings. The molecule has 0 aliphatic carbocycles. The molecule has 0 aliphatic rings. The van der Waals surface area contributed by atoms with E-state index < -0.39 is 35.8 Å². The van der Waals surface area contributed by atoms with Crippen molar-refractivity contribution in [1.29, 1.82) is 0 Å². The predicted octanol–water partition coefficient (Wildman–Crippen LogP) is 9.72. The molecule has 4 nitrogen and oxygen atoms in total. The minimum Gasteiger partial charge on any atom is -0.456 e. The Morgan fingerprint density at radius 1 is 0.897 bits per heavy atom. The molecule has 2 aromatic heterocycles. The van der Waals surface area contributed by atoms with Gasteiger partial charge in [0.1, 0.15) is 22.0 Å². The number of esters is 1. The molecular formula is C31H47FN2O2S2Sn. The van der Waals surface area contributed by atoms with Crippen molar-refractivity contribution in [1.82, 2.24) is 9.97 Å². The molecule has 2 heterocycles. The largest absolute Gasteiger partial charge is 0.456 e. The fourth-order valence-electron chi connectivity index (χ4n) is 4.56. The maximum Gasteiger partial charge on any atom is 0.342 e. The van der Waals surface area contributed by atoms with Crippen LogP contribution in [0.25, 0.3) is 10.6 Å². The number of thiazole rings is 2. The second kappa shape index (κ2) is 16.2. The van der Waals surface area contributed by atoms with E-state index in [0.717, 1.165) is 4.88 Å². The van der Waals surface area contributed by atoms with E-state index in [1.807, 2.05) is 18.3 Å². The van der Waals surface area contributed by atoms with Crippen molar-refractivity contribution >= 4 is 50.0 Å². The molecule has 0 bridgehead atoms. The SMILES string of the molecule is CCC[CH2][Sn]([CH2]CCC)([CH2]CCC)[c]1ncc(C)s1.Cc1cnc(-c2cccc(F)c2C(=O)OC(C)(C)C)s1. The second-order valence-electron chi connectivity index (χ2n) is 11.3. The number of aryl methyl sites for hydroxylation is 2. The van der Waals surface area contributed by atoms with Crippen LogP contribution in [0.15, 0.2) is 30.6 Å². The third-order valence-electron chi connectivity index (χ3n) is 6.57. The Hall–Kier alpha value is -1.32. The van der Waals surface area contributed by atoms with Gasteiger partial charge in [-0.1, -0.05) is 12.1 Å². The van der Waals surface area contributed by atoms with Crippen molar-refractivity contribution in [2.24, 2.45) is 0 Å². The van der Waals surface area contributed by atoms with Gasteiger partial charge in [-0.05, 0) is 33.8 Å². The summed E-state index contributed by atoms with van der Waals surface area (Å²) in [6, 6.07) is 4.50. The van der Waals surface area contributed by atoms with Crippen molar-refractivity contribution in [3.63, 3.8) is 0 Å². The van der Waals surface area contributed by atoms with Crippen molar-refractivity contribution < 1.29 is 13.9 Å². The molecule has 0 radical (unpaired) electrons. The molecule has 0 amide bonds. The van der Waals surface area contributed by atoms with Gasteiger partial charge in [-0.25, -0.2) is 14.2 Å². The average molecular weight is 682 g/mol. The monoisotopic (exact) mass is 682 g/mol. The quantitative estimate of drug-likeness (QED) is 0.141. The van der Waals surface area contributed by atoms with Crippen LogP contribution in [-0.2, 0) is 4.74 Å². The molecule has 3 aromatic rings. The van der Waals surface area contributed by atoms with Gasteiger partial charge in [-0.15, -0.1) is 11.3 Å². The number of ether oxygens (including phenoxy) is 1. The molecule has 1 aromatic carbocycles. The number of unbranched alkanes of at least 4 members (excludes halogenated alkanes) is 3. The topological polar surface area (TPSA) is 52.1 Å². The van der Waals surface area contributed by atoms with E-state index >= 15 is 0 Å². The molecule has 216 valence electrons. The van der Waals surface area contributed by atoms with Gasteiger partial charge < -0.3 is 4.74 Å². The number of aromatic nitrogens is 2. The van der Waals surface area contributed by atoms with Crippen molar-refractivity contribution in [2.75, 3.05) is 0 Å². The molecular weight excluding hydrogens is 634 g/mol. The molecule has 39 heavy (non-hydrogen) atoms. The van der Waals surface area contributed by atoms with Crippen molar-refractivity contribution in [2.45, 2.75) is 113 Å². The van der Waals surface area contributed by atoms with Crippen LogP contribution in [0.4, 0.5) is 4.39 Å². The van der Waals surface area contributed by atoms with E-state index in [1.165, 1.54) is 74.1 Å². The standard InChI is InChI=1S/C15H16FNO2S.C4H4NS.3C4H9.Sn/c1-9-8-17-13(20-9)10-6-5-7-11(16)12(10)14(18)19-15(2,3)4;1-4-2-5-3-6-4;3*1-3-4-2;/h5-8H,1-4H3;2H,1H3;3*1,3-4H2,2H3;. The summed E-state index contributed by atoms with van der Waals surface area (Å²) in [5, 5.41) is 0.614. The Kier molecular flexibility index (Phi) is 14.1. The van der Waals surface area contributed by atoms with Gasteiger partial charge in [0.2, 0.25) is 0 Å². The van der Waals surface area contributed by atoms with Gasteiger partial charge >= 0.3 is 134 Å². The Morgan fingerprint density at radius 3 is 1.87 bits per heavy atom. The van der Waals surface area contributed by atoms with Crippen LogP contribution < -0.4 is 3.02 Å². The van der Waals surface area contributed by atoms with Crippen LogP contribution in [0.1, 0.15) is 100 Å². The molecule has 0 atom stereocenters. The smallest absolute Gasteiger partial charge is 0.342 e. The molecule has 0 aliphatic heterocycles. The molecule has 0 saturated carbocycles. The van der Waals surface area contributed by atoms with Crippen LogP contribution in [0.5, 0.6) is 0 Å². The first-order valence-electron chi connectivity index (χ1n) is 14.3. The third-order valence-corrected chi connectivity index (χ3v) is 26.2. The first-order valence-corrected chi connectivity index (χ1v) is 23.4. The van der Waals surface area contributed by atoms with Gasteiger partial charge in [0.15, 0.2) is 0 Å². The van der Waals surface area contributed by atoms with Gasteiger partial charge in [-0.3, -0.25) is 0 Å². The predicted molar refractivity (Wildman–Crippen MR) is 169 cm³/mol. The van der Waals surface area contributed by atoms with Gasteiger partial charge in [-0.2, -0.15) is 0 Å². The molecule has 0 N–H and O–H groups in total. The molecule has 0 spiro atoms. The first kappa shape index (κ1) is 33.9. The van der Waals surface area contributed by atoms with Crippen molar-refractivity contribution in [3.05, 3.63) is 51.7 Å². The zero-order valence-corrected chi connectivity index (χ0v) is 29.6. The summed E-state index contributed by atoms with van der Waals surface area (Å²) >= 11 is 1.27. The zero-order chi connectivity index (χ0) is 29.1. The Bertz CT molecular complexity index is 1150. The third kappa shape index (κ3) is 10.5. The summed E-state index contributed by atoms with van der Waals surface area (Å²) in [5.41, 5.74) is -0.260. The number of nitrogens with zero attached hydrogens (tertiary/aromatic N) is 2. The van der Waals surface area contributed by atoms with E-state index in [9.17, 15) is 9.18 Å². The van der Waals surface area contributed by atoms with Crippen molar-refractivity contribution in [3.8, 4) is 10.6 Å². The normalized spacial score (nSPS) is 11.7. The fourth-order valence-corrected chi connectivity index (χ4v) is 25.1. The number of halogens is 1. The Balaban J connectivity index is 0.000000274. The summed E-state index contributed by atoms with van der Waals surface area (Å²) in [6.45, 7) is 16.4. The minimum absolute atomic E-state index is 0.0585. The first-order chi connectivity index (χ1) is 18.5. The Morgan fingerprint density at radius 2 is 1.44 bits per heavy atom. The maximum atomic E-state index is 14.0. The average Bonchev–Trinajstić information content (AvgIpc) is 3.51. The molecule has 0 unspecified atom stereocenters. The van der Waals surface area contributed by atoms with Gasteiger partial charge in [0.05, 0.1) is 0 Å². The number of hydrogen-bond donors (Lipinski definition) is 0. The van der Waals surface area contributed by atoms with Crippen LogP contribution in [-0.4, -0.2) is 39.9 Å². The van der Waals surface area contributed by atoms with E-state index in [1.54, 1.807) is 42.1 Å². The fraction of sp³-hybridized carbons (Fsp3) is 0.581. The molecule has 0 saturated heterocycles. The summed E-state index contributed by atoms with van der Waals surface area (Å²) in [4.78, 5) is 23.7. The van der Waals surface area contributed by atoms with E-state index in [0.29, 0.717) is 10.6 Å². The van der Waals surface area contributed by atoms with E-state index in [-0.39, 0.29) is 5.56 Å². The van der Waals surface area contributed by atoms with Crippen LogP contribution in [0.3, 0.4) is 0 Å². The molecule has 3 rings (SSSR count). The number of rotatable bonds is 12. The number of carbonyl (C=O) groups excluding carboxylic acids is 1. The van der Waals surface area contributed by atoms with Crippen LogP contribution >= 0.6 is 22.7 Å². The summed E-state index contributed by atoms with van der Waals surface area (Å²) in [6.07, 6.45) is 12.2. The number of hydrogen-bond acceptors (Lipinski definition) is 6. The summed E-state index contributed by atoms with van der Waals surface area (Å²) in [7, 11) is 0. The Labute approximate surface area is 247 Å². The van der Waals surface area contributed by atoms with Gasteiger partial charge in [0.25, 0.3) is 0 Å². The summed E-state index contributed by atoms with van der Waals surface area (Å²) < 4.78 is 25.6. The van der Waals surface area contributed by atoms with E-state index in [2.05, 4.69) is 38.9 Å². The van der Waals surface area contributed by atoms with Crippen LogP contribution in [0.2, 0.25) is 13.3 Å². The summed E-state index contributed by atoms with van der Waals surface area (Å²) in [5.74, 6) is -1.26. The number of benzene rings is 1. The maximum absolute atomic E-state index is 14.0.